The molecule has 2 fully saturated rings. The lowest BCUT2D eigenvalue weighted by atomic mass is 9.77. The number of nitrogens with one attached hydrogen (secondary N) is 1. The lowest BCUT2D eigenvalue weighted by Crippen LogP contribution is -2.63. The first kappa shape index (κ1) is 17.9. The molecule has 3 aliphatic heterocycles. The van der Waals surface area contributed by atoms with Crippen LogP contribution in [0.5, 0.6) is 0 Å². The Bertz CT molecular complexity index is 644. The van der Waals surface area contributed by atoms with Gasteiger partial charge in [-0.1, -0.05) is 6.92 Å². The maximum Gasteiger partial charge on any atom is 0.352 e. The van der Waals surface area contributed by atoms with Crippen molar-refractivity contribution in [2.24, 2.45) is 11.8 Å². The fourth-order valence-electron chi connectivity index (χ4n) is 4.48. The lowest BCUT2D eigenvalue weighted by molar-refractivity contribution is -0.163. The standard InChI is InChI=1S/C17H25N3O5/c1-8-12(7-19-5-4-11(6-19)18-10(3)22)15(17(24)25)20-14(8)13(9(2)21)16(20)23/h8-9,11,13-14,21H,4-7H2,1-3H3,(H,18,22)(H,24,25)/t8-,9+,11-,13+,14+/m0/s1. The number of rotatable bonds is 5. The predicted molar refractivity (Wildman–Crippen MR) is 88.3 cm³/mol. The van der Waals surface area contributed by atoms with Crippen LogP contribution >= 0.6 is 0 Å². The molecule has 0 aliphatic carbocycles. The molecule has 0 aromatic rings. The minimum atomic E-state index is -1.10. The molecule has 25 heavy (non-hydrogen) atoms. The Morgan fingerprint density at radius 2 is 2.08 bits per heavy atom. The molecule has 3 N–H and O–H groups in total. The molecule has 0 aromatic heterocycles. The van der Waals surface area contributed by atoms with Gasteiger partial charge in [0, 0.05) is 38.5 Å². The average Bonchev–Trinajstić information content (AvgIpc) is 3.01. The summed E-state index contributed by atoms with van der Waals surface area (Å²) in [6, 6.07) is -0.200. The molecule has 3 aliphatic rings. The van der Waals surface area contributed by atoms with E-state index in [-0.39, 0.29) is 35.5 Å². The van der Waals surface area contributed by atoms with Crippen molar-refractivity contribution >= 4 is 17.8 Å². The Labute approximate surface area is 146 Å². The lowest BCUT2D eigenvalue weighted by Gasteiger charge is -2.46. The zero-order valence-corrected chi connectivity index (χ0v) is 14.7. The highest BCUT2D eigenvalue weighted by molar-refractivity contribution is 6.00. The van der Waals surface area contributed by atoms with Gasteiger partial charge in [-0.25, -0.2) is 4.79 Å². The number of amides is 2. The average molecular weight is 351 g/mol. The summed E-state index contributed by atoms with van der Waals surface area (Å²) in [5.74, 6) is -2.12. The summed E-state index contributed by atoms with van der Waals surface area (Å²) in [6.07, 6.45) is 0.0352. The molecule has 0 saturated carbocycles. The van der Waals surface area contributed by atoms with E-state index in [1.807, 2.05) is 6.92 Å². The molecular weight excluding hydrogens is 326 g/mol. The van der Waals surface area contributed by atoms with Crippen LogP contribution in [0.2, 0.25) is 0 Å². The van der Waals surface area contributed by atoms with Gasteiger partial charge in [0.1, 0.15) is 5.70 Å². The second-order valence-electron chi connectivity index (χ2n) is 7.35. The zero-order valence-electron chi connectivity index (χ0n) is 14.7. The molecule has 3 heterocycles. The van der Waals surface area contributed by atoms with E-state index in [0.29, 0.717) is 13.1 Å². The van der Waals surface area contributed by atoms with Crippen molar-refractivity contribution in [3.05, 3.63) is 11.3 Å². The van der Waals surface area contributed by atoms with E-state index in [4.69, 9.17) is 0 Å². The minimum Gasteiger partial charge on any atom is -0.477 e. The van der Waals surface area contributed by atoms with Crippen LogP contribution < -0.4 is 5.32 Å². The number of carboxylic acid groups (broad SMARTS) is 1. The summed E-state index contributed by atoms with van der Waals surface area (Å²) < 4.78 is 0. The zero-order chi connectivity index (χ0) is 18.5. The van der Waals surface area contributed by atoms with Gasteiger partial charge >= 0.3 is 5.97 Å². The number of carboxylic acids is 1. The first-order chi connectivity index (χ1) is 11.7. The van der Waals surface area contributed by atoms with Gasteiger partial charge < -0.3 is 20.4 Å². The second kappa shape index (κ2) is 6.42. The molecular formula is C17H25N3O5. The number of likely N-dealkylation sites (tertiary alicyclic amines) is 1. The fourth-order valence-corrected chi connectivity index (χ4v) is 4.48. The topological polar surface area (TPSA) is 110 Å². The number of carbonyl (C=O) groups excluding carboxylic acids is 2. The van der Waals surface area contributed by atoms with Gasteiger partial charge in [0.15, 0.2) is 0 Å². The first-order valence-electron chi connectivity index (χ1n) is 8.69. The molecule has 0 unspecified atom stereocenters. The van der Waals surface area contributed by atoms with Crippen LogP contribution in [0.1, 0.15) is 27.2 Å². The molecule has 3 rings (SSSR count). The van der Waals surface area contributed by atoms with Gasteiger partial charge in [-0.05, 0) is 18.9 Å². The molecule has 5 atom stereocenters. The van der Waals surface area contributed by atoms with Gasteiger partial charge in [0.2, 0.25) is 11.8 Å². The van der Waals surface area contributed by atoms with Crippen molar-refractivity contribution < 1.29 is 24.6 Å². The highest BCUT2D eigenvalue weighted by Crippen LogP contribution is 2.47. The number of nitrogens with zero attached hydrogens (tertiary/aromatic N) is 2. The Kier molecular flexibility index (Phi) is 4.59. The SMILES string of the molecule is CC(=O)N[C@H]1CCN(CC2=C(C(=O)O)N3C(=O)[C@H]([C@@H](C)O)[C@H]3[C@H]2C)C1. The number of hydrogen-bond donors (Lipinski definition) is 3. The number of fused-ring (bicyclic) bond motifs is 1. The highest BCUT2D eigenvalue weighted by Gasteiger charge is 2.59. The monoisotopic (exact) mass is 351 g/mol. The summed E-state index contributed by atoms with van der Waals surface area (Å²) in [4.78, 5) is 38.7. The van der Waals surface area contributed by atoms with Gasteiger partial charge in [-0.2, -0.15) is 0 Å². The van der Waals surface area contributed by atoms with Crippen LogP contribution in [-0.4, -0.2) is 75.6 Å². The molecule has 0 aromatic carbocycles. The molecule has 0 radical (unpaired) electrons. The number of aliphatic carboxylic acids is 1. The Morgan fingerprint density at radius 1 is 1.40 bits per heavy atom. The van der Waals surface area contributed by atoms with E-state index in [1.54, 1.807) is 6.92 Å². The first-order valence-corrected chi connectivity index (χ1v) is 8.69. The molecule has 0 spiro atoms. The molecule has 2 saturated heterocycles. The third-order valence-corrected chi connectivity index (χ3v) is 5.59. The number of β-lactam (4-membered cyclic amide) rings is 1. The smallest absolute Gasteiger partial charge is 0.352 e. The van der Waals surface area contributed by atoms with Crippen LogP contribution in [0.4, 0.5) is 0 Å². The molecule has 138 valence electrons. The maximum absolute atomic E-state index is 12.3. The van der Waals surface area contributed by atoms with Crippen molar-refractivity contribution in [3.8, 4) is 0 Å². The number of hydrogen-bond acceptors (Lipinski definition) is 5. The Hall–Kier alpha value is -1.93. The van der Waals surface area contributed by atoms with Crippen molar-refractivity contribution in [3.63, 3.8) is 0 Å². The van der Waals surface area contributed by atoms with E-state index in [2.05, 4.69) is 10.2 Å². The van der Waals surface area contributed by atoms with Crippen LogP contribution in [0.25, 0.3) is 0 Å². The third-order valence-electron chi connectivity index (χ3n) is 5.59. The summed E-state index contributed by atoms with van der Waals surface area (Å²) in [5.41, 5.74) is 0.805. The largest absolute Gasteiger partial charge is 0.477 e. The van der Waals surface area contributed by atoms with Gasteiger partial charge in [0.25, 0.3) is 0 Å². The Balaban J connectivity index is 1.77. The number of aliphatic hydroxyl groups excluding tert-OH is 1. The van der Waals surface area contributed by atoms with Crippen molar-refractivity contribution in [2.75, 3.05) is 19.6 Å². The van der Waals surface area contributed by atoms with E-state index in [1.165, 1.54) is 11.8 Å². The van der Waals surface area contributed by atoms with Crippen LogP contribution in [-0.2, 0) is 14.4 Å². The third kappa shape index (κ3) is 2.93. The second-order valence-corrected chi connectivity index (χ2v) is 7.35. The van der Waals surface area contributed by atoms with Gasteiger partial charge in [-0.15, -0.1) is 0 Å². The van der Waals surface area contributed by atoms with Crippen molar-refractivity contribution in [1.29, 1.82) is 0 Å². The van der Waals surface area contributed by atoms with Crippen LogP contribution in [0, 0.1) is 11.8 Å². The highest BCUT2D eigenvalue weighted by atomic mass is 16.4. The summed E-state index contributed by atoms with van der Waals surface area (Å²) in [7, 11) is 0. The fraction of sp³-hybridized carbons (Fsp3) is 0.706. The molecule has 8 heteroatoms. The molecule has 2 amide bonds. The normalized spacial score (nSPS) is 33.3. The number of aliphatic hydroxyl groups is 1. The van der Waals surface area contributed by atoms with E-state index < -0.39 is 18.0 Å². The summed E-state index contributed by atoms with van der Waals surface area (Å²) in [5, 5.41) is 22.4. The van der Waals surface area contributed by atoms with E-state index in [9.17, 15) is 24.6 Å². The maximum atomic E-state index is 12.3. The van der Waals surface area contributed by atoms with Crippen molar-refractivity contribution in [2.45, 2.75) is 45.4 Å². The van der Waals surface area contributed by atoms with Crippen molar-refractivity contribution in [1.82, 2.24) is 15.1 Å². The molecule has 8 nitrogen and oxygen atoms in total. The minimum absolute atomic E-state index is 0.0685. The molecule has 0 bridgehead atoms. The Morgan fingerprint density at radius 3 is 2.64 bits per heavy atom. The predicted octanol–water partition coefficient (Wildman–Crippen LogP) is -0.607. The quantitative estimate of drug-likeness (QED) is 0.570. The van der Waals surface area contributed by atoms with Crippen LogP contribution in [0.3, 0.4) is 0 Å². The van der Waals surface area contributed by atoms with E-state index >= 15 is 0 Å². The number of carbonyl (C=O) groups is 3. The summed E-state index contributed by atoms with van der Waals surface area (Å²) in [6.45, 7) is 6.88. The van der Waals surface area contributed by atoms with Gasteiger partial charge in [0.05, 0.1) is 18.1 Å². The van der Waals surface area contributed by atoms with E-state index in [0.717, 1.165) is 18.5 Å². The van der Waals surface area contributed by atoms with Gasteiger partial charge in [-0.3, -0.25) is 14.5 Å². The summed E-state index contributed by atoms with van der Waals surface area (Å²) >= 11 is 0. The van der Waals surface area contributed by atoms with Crippen LogP contribution in [0.15, 0.2) is 11.3 Å².